The number of amides is 2. The van der Waals surface area contributed by atoms with Crippen LogP contribution < -0.4 is 16.4 Å². The fourth-order valence-corrected chi connectivity index (χ4v) is 1.85. The van der Waals surface area contributed by atoms with Crippen molar-refractivity contribution < 1.29 is 9.59 Å². The van der Waals surface area contributed by atoms with Gasteiger partial charge in [-0.25, -0.2) is 4.98 Å². The summed E-state index contributed by atoms with van der Waals surface area (Å²) in [5.74, 6) is 0.546. The number of hydrogen-bond acceptors (Lipinski definition) is 4. The van der Waals surface area contributed by atoms with Crippen molar-refractivity contribution in [2.24, 2.45) is 17.6 Å². The molecule has 6 nitrogen and oxygen atoms in total. The van der Waals surface area contributed by atoms with Crippen LogP contribution >= 0.6 is 24.8 Å². The molecule has 1 aromatic heterocycles. The van der Waals surface area contributed by atoms with Gasteiger partial charge in [0.15, 0.2) is 0 Å². The van der Waals surface area contributed by atoms with E-state index in [-0.39, 0.29) is 48.5 Å². The first-order valence-corrected chi connectivity index (χ1v) is 7.34. The maximum atomic E-state index is 11.9. The van der Waals surface area contributed by atoms with Crippen LogP contribution in [0.5, 0.6) is 0 Å². The van der Waals surface area contributed by atoms with Gasteiger partial charge < -0.3 is 16.4 Å². The molecular weight excluding hydrogens is 339 g/mol. The number of rotatable bonds is 6. The number of carbonyl (C=O) groups excluding carboxylic acids is 2. The lowest BCUT2D eigenvalue weighted by atomic mass is 9.99. The molecule has 0 aromatic carbocycles. The van der Waals surface area contributed by atoms with E-state index in [4.69, 9.17) is 5.73 Å². The third kappa shape index (κ3) is 6.33. The first kappa shape index (κ1) is 21.6. The second-order valence-corrected chi connectivity index (χ2v) is 5.60. The molecule has 1 fully saturated rings. The number of nitrogens with zero attached hydrogens (tertiary/aromatic N) is 1. The van der Waals surface area contributed by atoms with Gasteiger partial charge in [-0.15, -0.1) is 24.8 Å². The maximum absolute atomic E-state index is 11.9. The summed E-state index contributed by atoms with van der Waals surface area (Å²) in [6.07, 6.45) is 4.27. The van der Waals surface area contributed by atoms with E-state index < -0.39 is 6.04 Å². The molecule has 1 heterocycles. The molecule has 2 rings (SSSR count). The summed E-state index contributed by atoms with van der Waals surface area (Å²) in [7, 11) is 0. The van der Waals surface area contributed by atoms with Gasteiger partial charge in [0.2, 0.25) is 11.8 Å². The maximum Gasteiger partial charge on any atom is 0.241 e. The largest absolute Gasteiger partial charge is 0.323 e. The Morgan fingerprint density at radius 3 is 2.43 bits per heavy atom. The minimum Gasteiger partial charge on any atom is -0.323 e. The van der Waals surface area contributed by atoms with Crippen LogP contribution in [0.3, 0.4) is 0 Å². The van der Waals surface area contributed by atoms with E-state index in [1.807, 2.05) is 13.8 Å². The highest BCUT2D eigenvalue weighted by molar-refractivity contribution is 5.95. The van der Waals surface area contributed by atoms with Crippen LogP contribution in [0.2, 0.25) is 0 Å². The van der Waals surface area contributed by atoms with Crippen molar-refractivity contribution in [1.82, 2.24) is 4.98 Å². The predicted octanol–water partition coefficient (Wildman–Crippen LogP) is 2.59. The highest BCUT2D eigenvalue weighted by Gasteiger charge is 2.29. The normalized spacial score (nSPS) is 15.4. The molecule has 0 bridgehead atoms. The molecule has 1 aliphatic carbocycles. The monoisotopic (exact) mass is 362 g/mol. The molecule has 8 heteroatoms. The Labute approximate surface area is 148 Å². The SMILES string of the molecule is CCC(C)C(N)C(=O)Nc1ccc(NC(=O)C2CC2)nc1.Cl.Cl. The molecule has 0 aliphatic heterocycles. The molecule has 1 aromatic rings. The third-order valence-electron chi connectivity index (χ3n) is 3.79. The minimum atomic E-state index is -0.538. The molecule has 0 saturated heterocycles. The number of pyridine rings is 1. The van der Waals surface area contributed by atoms with Gasteiger partial charge in [0.1, 0.15) is 5.82 Å². The summed E-state index contributed by atoms with van der Waals surface area (Å²) < 4.78 is 0. The standard InChI is InChI=1S/C15H22N4O2.2ClH/c1-3-9(2)13(16)15(21)18-11-6-7-12(17-8-11)19-14(20)10-4-5-10;;/h6-10,13H,3-5,16H2,1-2H3,(H,18,21)(H,17,19,20);2*1H. The van der Waals surface area contributed by atoms with Gasteiger partial charge >= 0.3 is 0 Å². The molecule has 2 amide bonds. The van der Waals surface area contributed by atoms with Crippen molar-refractivity contribution in [2.75, 3.05) is 10.6 Å². The number of nitrogens with two attached hydrogens (primary N) is 1. The number of nitrogens with one attached hydrogen (secondary N) is 2. The van der Waals surface area contributed by atoms with Crippen molar-refractivity contribution in [1.29, 1.82) is 0 Å². The summed E-state index contributed by atoms with van der Waals surface area (Å²) in [6, 6.07) is 2.84. The van der Waals surface area contributed by atoms with Crippen molar-refractivity contribution in [3.63, 3.8) is 0 Å². The van der Waals surface area contributed by atoms with Crippen LogP contribution in [0.25, 0.3) is 0 Å². The highest BCUT2D eigenvalue weighted by atomic mass is 35.5. The van der Waals surface area contributed by atoms with Crippen molar-refractivity contribution in [3.05, 3.63) is 18.3 Å². The molecular formula is C15H24Cl2N4O2. The molecule has 4 N–H and O–H groups in total. The lowest BCUT2D eigenvalue weighted by Crippen LogP contribution is -2.40. The van der Waals surface area contributed by atoms with Crippen molar-refractivity contribution >= 4 is 48.1 Å². The van der Waals surface area contributed by atoms with E-state index in [9.17, 15) is 9.59 Å². The molecule has 1 saturated carbocycles. The van der Waals surface area contributed by atoms with E-state index in [2.05, 4.69) is 15.6 Å². The lowest BCUT2D eigenvalue weighted by Gasteiger charge is -2.17. The molecule has 1 aliphatic rings. The number of anilines is 2. The molecule has 2 unspecified atom stereocenters. The number of aromatic nitrogens is 1. The van der Waals surface area contributed by atoms with Crippen LogP contribution in [0.4, 0.5) is 11.5 Å². The molecule has 0 radical (unpaired) electrons. The molecule has 23 heavy (non-hydrogen) atoms. The Morgan fingerprint density at radius 1 is 1.30 bits per heavy atom. The Kier molecular flexibility index (Phi) is 9.12. The quantitative estimate of drug-likeness (QED) is 0.724. The second kappa shape index (κ2) is 9.70. The number of hydrogen-bond donors (Lipinski definition) is 3. The smallest absolute Gasteiger partial charge is 0.241 e. The van der Waals surface area contributed by atoms with Crippen LogP contribution in [0, 0.1) is 11.8 Å². The van der Waals surface area contributed by atoms with Gasteiger partial charge in [-0.1, -0.05) is 20.3 Å². The molecule has 0 spiro atoms. The number of halogens is 2. The van der Waals surface area contributed by atoms with E-state index in [0.717, 1.165) is 19.3 Å². The summed E-state index contributed by atoms with van der Waals surface area (Å²) >= 11 is 0. The first-order valence-electron chi connectivity index (χ1n) is 7.34. The summed E-state index contributed by atoms with van der Waals surface area (Å²) in [4.78, 5) is 27.7. The molecule has 130 valence electrons. The van der Waals surface area contributed by atoms with E-state index >= 15 is 0 Å². The van der Waals surface area contributed by atoms with Gasteiger partial charge in [0, 0.05) is 5.92 Å². The average molecular weight is 363 g/mol. The Morgan fingerprint density at radius 2 is 1.96 bits per heavy atom. The van der Waals surface area contributed by atoms with Crippen LogP contribution in [0.1, 0.15) is 33.1 Å². The highest BCUT2D eigenvalue weighted by Crippen LogP contribution is 2.29. The van der Waals surface area contributed by atoms with Crippen LogP contribution in [-0.2, 0) is 9.59 Å². The van der Waals surface area contributed by atoms with Gasteiger partial charge in [0.05, 0.1) is 17.9 Å². The van der Waals surface area contributed by atoms with Crippen molar-refractivity contribution in [2.45, 2.75) is 39.2 Å². The fourth-order valence-electron chi connectivity index (χ4n) is 1.85. The summed E-state index contributed by atoms with van der Waals surface area (Å²) in [5, 5.41) is 5.48. The second-order valence-electron chi connectivity index (χ2n) is 5.60. The zero-order valence-corrected chi connectivity index (χ0v) is 14.9. The predicted molar refractivity (Wildman–Crippen MR) is 96.1 cm³/mol. The van der Waals surface area contributed by atoms with E-state index in [1.54, 1.807) is 12.1 Å². The van der Waals surface area contributed by atoms with Crippen LogP contribution in [0.15, 0.2) is 18.3 Å². The number of carbonyl (C=O) groups is 2. The Balaban J connectivity index is 0.00000242. The Hall–Kier alpha value is -1.37. The zero-order valence-electron chi connectivity index (χ0n) is 13.2. The lowest BCUT2D eigenvalue weighted by molar-refractivity contribution is -0.118. The third-order valence-corrected chi connectivity index (χ3v) is 3.79. The minimum absolute atomic E-state index is 0. The first-order chi connectivity index (χ1) is 10.0. The van der Waals surface area contributed by atoms with E-state index in [0.29, 0.717) is 11.5 Å². The van der Waals surface area contributed by atoms with Gasteiger partial charge in [0.25, 0.3) is 0 Å². The fraction of sp³-hybridized carbons (Fsp3) is 0.533. The Bertz CT molecular complexity index is 521. The molecule has 2 atom stereocenters. The summed E-state index contributed by atoms with van der Waals surface area (Å²) in [5.41, 5.74) is 6.44. The van der Waals surface area contributed by atoms with Crippen LogP contribution in [-0.4, -0.2) is 22.8 Å². The van der Waals surface area contributed by atoms with Crippen molar-refractivity contribution in [3.8, 4) is 0 Å². The van der Waals surface area contributed by atoms with Gasteiger partial charge in [-0.2, -0.15) is 0 Å². The summed E-state index contributed by atoms with van der Waals surface area (Å²) in [6.45, 7) is 3.94. The zero-order chi connectivity index (χ0) is 15.4. The van der Waals surface area contributed by atoms with Gasteiger partial charge in [-0.3, -0.25) is 9.59 Å². The van der Waals surface area contributed by atoms with Gasteiger partial charge in [-0.05, 0) is 30.9 Å². The topological polar surface area (TPSA) is 97.1 Å². The average Bonchev–Trinajstić information content (AvgIpc) is 3.32. The van der Waals surface area contributed by atoms with E-state index in [1.165, 1.54) is 6.20 Å².